The lowest BCUT2D eigenvalue weighted by Gasteiger charge is -2.17. The summed E-state index contributed by atoms with van der Waals surface area (Å²) < 4.78 is 1.20. The van der Waals surface area contributed by atoms with E-state index in [9.17, 15) is 0 Å². The Morgan fingerprint density at radius 3 is 2.75 bits per heavy atom. The topological polar surface area (TPSA) is 15.3 Å². The van der Waals surface area contributed by atoms with Crippen LogP contribution in [0, 0.1) is 6.92 Å². The summed E-state index contributed by atoms with van der Waals surface area (Å²) in [5.74, 6) is 0. The van der Waals surface area contributed by atoms with E-state index in [0.717, 1.165) is 19.6 Å². The molecule has 0 aliphatic carbocycles. The van der Waals surface area contributed by atoms with Gasteiger partial charge in [-0.1, -0.05) is 28.1 Å². The highest BCUT2D eigenvalue weighted by Crippen LogP contribution is 2.18. The predicted molar refractivity (Wildman–Crippen MR) is 73.8 cm³/mol. The third-order valence-electron chi connectivity index (χ3n) is 2.66. The summed E-state index contributed by atoms with van der Waals surface area (Å²) in [7, 11) is 4.17. The molecule has 0 aliphatic rings. The maximum atomic E-state index is 3.57. The van der Waals surface area contributed by atoms with Crippen LogP contribution < -0.4 is 5.32 Å². The molecule has 0 saturated heterocycles. The highest BCUT2D eigenvalue weighted by atomic mass is 79.9. The molecule has 1 N–H and O–H groups in total. The van der Waals surface area contributed by atoms with E-state index in [-0.39, 0.29) is 0 Å². The molecule has 0 unspecified atom stereocenters. The number of nitrogens with zero attached hydrogens (tertiary/aromatic N) is 1. The number of hydrogen-bond donors (Lipinski definition) is 1. The van der Waals surface area contributed by atoms with Gasteiger partial charge in [-0.3, -0.25) is 0 Å². The normalized spacial score (nSPS) is 11.1. The van der Waals surface area contributed by atoms with Crippen LogP contribution in [-0.2, 0) is 6.54 Å². The van der Waals surface area contributed by atoms with Crippen LogP contribution in [0.15, 0.2) is 22.7 Å². The van der Waals surface area contributed by atoms with E-state index in [1.54, 1.807) is 0 Å². The van der Waals surface area contributed by atoms with Crippen LogP contribution in [0.3, 0.4) is 0 Å². The molecule has 16 heavy (non-hydrogen) atoms. The third kappa shape index (κ3) is 4.64. The van der Waals surface area contributed by atoms with Crippen molar-refractivity contribution in [2.45, 2.75) is 19.9 Å². The molecule has 3 heteroatoms. The first-order valence-corrected chi connectivity index (χ1v) is 6.51. The van der Waals surface area contributed by atoms with Crippen LogP contribution >= 0.6 is 15.9 Å². The van der Waals surface area contributed by atoms with Crippen molar-refractivity contribution >= 4 is 15.9 Å². The van der Waals surface area contributed by atoms with Gasteiger partial charge in [0.2, 0.25) is 0 Å². The van der Waals surface area contributed by atoms with Gasteiger partial charge in [0, 0.05) is 11.0 Å². The van der Waals surface area contributed by atoms with Gasteiger partial charge in [-0.25, -0.2) is 0 Å². The zero-order chi connectivity index (χ0) is 12.0. The van der Waals surface area contributed by atoms with Gasteiger partial charge < -0.3 is 10.2 Å². The minimum atomic E-state index is 1.02. The summed E-state index contributed by atoms with van der Waals surface area (Å²) in [6.07, 6.45) is 1.19. The van der Waals surface area contributed by atoms with E-state index in [4.69, 9.17) is 0 Å². The fraction of sp³-hybridized carbons (Fsp3) is 0.538. The molecule has 0 heterocycles. The SMILES string of the molecule is CNCCCN(C)Cc1ccc(C)c(Br)c1. The molecule has 0 saturated carbocycles. The Balaban J connectivity index is 2.43. The zero-order valence-corrected chi connectivity index (χ0v) is 12.0. The molecule has 1 rings (SSSR count). The van der Waals surface area contributed by atoms with Crippen molar-refractivity contribution in [1.82, 2.24) is 10.2 Å². The average Bonchev–Trinajstić information content (AvgIpc) is 2.24. The Morgan fingerprint density at radius 1 is 1.38 bits per heavy atom. The number of halogens is 1. The molecule has 0 aliphatic heterocycles. The standard InChI is InChI=1S/C13H21BrN2/c1-11-5-6-12(9-13(11)14)10-16(3)8-4-7-15-2/h5-6,9,15H,4,7-8,10H2,1-3H3. The van der Waals surface area contributed by atoms with Gasteiger partial charge in [0.25, 0.3) is 0 Å². The minimum absolute atomic E-state index is 1.02. The number of hydrogen-bond acceptors (Lipinski definition) is 2. The van der Waals surface area contributed by atoms with E-state index >= 15 is 0 Å². The number of aryl methyl sites for hydroxylation is 1. The Bertz CT molecular complexity index is 326. The predicted octanol–water partition coefficient (Wildman–Crippen LogP) is 2.80. The first-order valence-electron chi connectivity index (χ1n) is 5.71. The van der Waals surface area contributed by atoms with Crippen LogP contribution in [0.2, 0.25) is 0 Å². The molecule has 0 aromatic heterocycles. The Hall–Kier alpha value is -0.380. The second-order valence-electron chi connectivity index (χ2n) is 4.28. The molecule has 90 valence electrons. The largest absolute Gasteiger partial charge is 0.320 e. The Labute approximate surface area is 107 Å². The number of benzene rings is 1. The van der Waals surface area contributed by atoms with Crippen molar-refractivity contribution in [1.29, 1.82) is 0 Å². The molecule has 0 fully saturated rings. The van der Waals surface area contributed by atoms with E-state index in [1.807, 2.05) is 7.05 Å². The smallest absolute Gasteiger partial charge is 0.0231 e. The quantitative estimate of drug-likeness (QED) is 0.809. The van der Waals surface area contributed by atoms with Crippen molar-refractivity contribution in [3.63, 3.8) is 0 Å². The molecule has 1 aromatic rings. The monoisotopic (exact) mass is 284 g/mol. The average molecular weight is 285 g/mol. The van der Waals surface area contributed by atoms with Gasteiger partial charge in [-0.05, 0) is 57.7 Å². The Kier molecular flexibility index (Phi) is 6.03. The van der Waals surface area contributed by atoms with Crippen molar-refractivity contribution in [2.75, 3.05) is 27.2 Å². The first kappa shape index (κ1) is 13.7. The fourth-order valence-corrected chi connectivity index (χ4v) is 2.08. The molecule has 0 bridgehead atoms. The molecule has 0 spiro atoms. The second kappa shape index (κ2) is 7.05. The number of nitrogens with one attached hydrogen (secondary N) is 1. The molecular weight excluding hydrogens is 264 g/mol. The molecule has 0 atom stereocenters. The summed E-state index contributed by atoms with van der Waals surface area (Å²) in [6.45, 7) is 5.35. The van der Waals surface area contributed by atoms with Crippen LogP contribution in [-0.4, -0.2) is 32.1 Å². The highest BCUT2D eigenvalue weighted by Gasteiger charge is 2.01. The van der Waals surface area contributed by atoms with Gasteiger partial charge in [-0.15, -0.1) is 0 Å². The summed E-state index contributed by atoms with van der Waals surface area (Å²) in [5, 5.41) is 3.17. The van der Waals surface area contributed by atoms with Gasteiger partial charge >= 0.3 is 0 Å². The van der Waals surface area contributed by atoms with Gasteiger partial charge in [0.15, 0.2) is 0 Å². The molecule has 1 aromatic carbocycles. The molecular formula is C13H21BrN2. The fourth-order valence-electron chi connectivity index (χ4n) is 1.65. The van der Waals surface area contributed by atoms with E-state index < -0.39 is 0 Å². The van der Waals surface area contributed by atoms with Gasteiger partial charge in [-0.2, -0.15) is 0 Å². The lowest BCUT2D eigenvalue weighted by molar-refractivity contribution is 0.321. The Morgan fingerprint density at radius 2 is 2.12 bits per heavy atom. The zero-order valence-electron chi connectivity index (χ0n) is 10.4. The molecule has 0 amide bonds. The highest BCUT2D eigenvalue weighted by molar-refractivity contribution is 9.10. The van der Waals surface area contributed by atoms with E-state index in [2.05, 4.69) is 58.3 Å². The summed E-state index contributed by atoms with van der Waals surface area (Å²) in [5.41, 5.74) is 2.66. The van der Waals surface area contributed by atoms with E-state index in [1.165, 1.54) is 22.0 Å². The second-order valence-corrected chi connectivity index (χ2v) is 5.13. The lowest BCUT2D eigenvalue weighted by Crippen LogP contribution is -2.22. The lowest BCUT2D eigenvalue weighted by atomic mass is 10.1. The van der Waals surface area contributed by atoms with Crippen molar-refractivity contribution in [3.8, 4) is 0 Å². The van der Waals surface area contributed by atoms with Gasteiger partial charge in [0.05, 0.1) is 0 Å². The molecule has 2 nitrogen and oxygen atoms in total. The maximum Gasteiger partial charge on any atom is 0.0231 e. The van der Waals surface area contributed by atoms with Crippen molar-refractivity contribution in [3.05, 3.63) is 33.8 Å². The summed E-state index contributed by atoms with van der Waals surface area (Å²) in [4.78, 5) is 2.36. The molecule has 0 radical (unpaired) electrons. The minimum Gasteiger partial charge on any atom is -0.320 e. The van der Waals surface area contributed by atoms with Crippen LogP contribution in [0.5, 0.6) is 0 Å². The van der Waals surface area contributed by atoms with Crippen molar-refractivity contribution < 1.29 is 0 Å². The van der Waals surface area contributed by atoms with Gasteiger partial charge in [0.1, 0.15) is 0 Å². The van der Waals surface area contributed by atoms with Crippen molar-refractivity contribution in [2.24, 2.45) is 0 Å². The van der Waals surface area contributed by atoms with Crippen LogP contribution in [0.4, 0.5) is 0 Å². The summed E-state index contributed by atoms with van der Waals surface area (Å²) >= 11 is 3.57. The van der Waals surface area contributed by atoms with Crippen LogP contribution in [0.25, 0.3) is 0 Å². The first-order chi connectivity index (χ1) is 7.63. The van der Waals surface area contributed by atoms with Crippen LogP contribution in [0.1, 0.15) is 17.5 Å². The van der Waals surface area contributed by atoms with E-state index in [0.29, 0.717) is 0 Å². The number of rotatable bonds is 6. The third-order valence-corrected chi connectivity index (χ3v) is 3.51. The summed E-state index contributed by atoms with van der Waals surface area (Å²) in [6, 6.07) is 6.58. The maximum absolute atomic E-state index is 3.57.